The molecule has 0 aromatic heterocycles. The topological polar surface area (TPSA) is 23.8 Å². The van der Waals surface area contributed by atoms with Gasteiger partial charge >= 0.3 is 0 Å². The second kappa shape index (κ2) is 10.3. The lowest BCUT2D eigenvalue weighted by atomic mass is 9.53. The normalized spacial score (nSPS) is 39.5. The van der Waals surface area contributed by atoms with Crippen LogP contribution in [-0.4, -0.2) is 0 Å². The third-order valence-corrected chi connectivity index (χ3v) is 8.85. The van der Waals surface area contributed by atoms with Crippen LogP contribution < -0.4 is 0 Å². The van der Waals surface area contributed by atoms with Crippen LogP contribution in [-0.2, 0) is 0 Å². The van der Waals surface area contributed by atoms with Gasteiger partial charge in [0.15, 0.2) is 0 Å². The molecule has 3 aliphatic rings. The molecular weight excluding hydrogens is 326 g/mol. The van der Waals surface area contributed by atoms with Gasteiger partial charge in [0, 0.05) is 0 Å². The van der Waals surface area contributed by atoms with Crippen LogP contribution in [0.5, 0.6) is 0 Å². The number of nitrogens with zero attached hydrogens (tertiary/aromatic N) is 1. The fourth-order valence-corrected chi connectivity index (χ4v) is 7.16. The van der Waals surface area contributed by atoms with Crippen molar-refractivity contribution in [2.75, 3.05) is 0 Å². The lowest BCUT2D eigenvalue weighted by Gasteiger charge is -2.50. The molecule has 3 saturated carbocycles. The van der Waals surface area contributed by atoms with Gasteiger partial charge in [0.25, 0.3) is 0 Å². The quantitative estimate of drug-likeness (QED) is 0.394. The average Bonchev–Trinajstić information content (AvgIpc) is 2.71. The maximum absolute atomic E-state index is 10.1. The van der Waals surface area contributed by atoms with E-state index in [2.05, 4.69) is 19.9 Å². The van der Waals surface area contributed by atoms with Crippen molar-refractivity contribution in [2.24, 2.45) is 35.0 Å². The molecule has 4 atom stereocenters. The predicted octanol–water partition coefficient (Wildman–Crippen LogP) is 8.29. The van der Waals surface area contributed by atoms with E-state index in [0.29, 0.717) is 0 Å². The molecule has 0 aliphatic heterocycles. The van der Waals surface area contributed by atoms with Gasteiger partial charge in [-0.3, -0.25) is 0 Å². The summed E-state index contributed by atoms with van der Waals surface area (Å²) < 4.78 is 0. The van der Waals surface area contributed by atoms with Crippen LogP contribution in [0.3, 0.4) is 0 Å². The van der Waals surface area contributed by atoms with E-state index < -0.39 is 0 Å². The molecule has 27 heavy (non-hydrogen) atoms. The zero-order chi connectivity index (χ0) is 19.1. The molecule has 3 aliphatic carbocycles. The number of hydrogen-bond acceptors (Lipinski definition) is 1. The van der Waals surface area contributed by atoms with Crippen LogP contribution in [0.2, 0.25) is 0 Å². The van der Waals surface area contributed by atoms with Crippen molar-refractivity contribution < 1.29 is 0 Å². The summed E-state index contributed by atoms with van der Waals surface area (Å²) in [7, 11) is 0. The third-order valence-electron chi connectivity index (χ3n) is 8.85. The van der Waals surface area contributed by atoms with Gasteiger partial charge in [-0.15, -0.1) is 0 Å². The van der Waals surface area contributed by atoms with Crippen LogP contribution in [0.4, 0.5) is 0 Å². The standard InChI is InChI=1S/C26H45N/c1-3-5-6-7-9-22-12-15-25-18-24(16-17-26(25,19-22)20-27)23-13-10-21(8-4-2)11-14-23/h21-25H,3-19H2,1-2H3. The summed E-state index contributed by atoms with van der Waals surface area (Å²) >= 11 is 0. The Labute approximate surface area is 169 Å². The Balaban J connectivity index is 1.49. The highest BCUT2D eigenvalue weighted by molar-refractivity contribution is 5.09. The van der Waals surface area contributed by atoms with Crippen LogP contribution in [0.25, 0.3) is 0 Å². The first-order valence-electron chi connectivity index (χ1n) is 12.6. The SMILES string of the molecule is CCCCCCC1CCC2CC(C3CCC(CCC)CC3)CCC2(C#N)C1. The number of fused-ring (bicyclic) bond motifs is 1. The minimum absolute atomic E-state index is 0.0591. The summed E-state index contributed by atoms with van der Waals surface area (Å²) in [6.07, 6.45) is 23.7. The first-order valence-corrected chi connectivity index (χ1v) is 12.6. The first kappa shape index (κ1) is 21.2. The second-order valence-corrected chi connectivity index (χ2v) is 10.6. The molecule has 1 heteroatoms. The van der Waals surface area contributed by atoms with Gasteiger partial charge in [0.1, 0.15) is 0 Å². The van der Waals surface area contributed by atoms with Crippen molar-refractivity contribution in [3.05, 3.63) is 0 Å². The van der Waals surface area contributed by atoms with Crippen molar-refractivity contribution in [2.45, 2.75) is 123 Å². The summed E-state index contributed by atoms with van der Waals surface area (Å²) in [4.78, 5) is 0. The molecule has 0 N–H and O–H groups in total. The number of unbranched alkanes of at least 4 members (excludes halogenated alkanes) is 3. The molecule has 3 fully saturated rings. The van der Waals surface area contributed by atoms with Gasteiger partial charge in [-0.2, -0.15) is 5.26 Å². The first-order chi connectivity index (χ1) is 13.2. The fourth-order valence-electron chi connectivity index (χ4n) is 7.16. The molecule has 0 bridgehead atoms. The van der Waals surface area contributed by atoms with Gasteiger partial charge in [-0.25, -0.2) is 0 Å². The van der Waals surface area contributed by atoms with Crippen molar-refractivity contribution in [3.8, 4) is 6.07 Å². The lowest BCUT2D eigenvalue weighted by Crippen LogP contribution is -2.42. The van der Waals surface area contributed by atoms with E-state index in [9.17, 15) is 5.26 Å². The largest absolute Gasteiger partial charge is 0.198 e. The van der Waals surface area contributed by atoms with Crippen LogP contribution >= 0.6 is 0 Å². The van der Waals surface area contributed by atoms with Gasteiger partial charge < -0.3 is 0 Å². The highest BCUT2D eigenvalue weighted by Gasteiger charge is 2.48. The summed E-state index contributed by atoms with van der Waals surface area (Å²) in [6.45, 7) is 4.64. The molecule has 3 rings (SSSR count). The Morgan fingerprint density at radius 3 is 2.26 bits per heavy atom. The van der Waals surface area contributed by atoms with Crippen molar-refractivity contribution in [1.29, 1.82) is 5.26 Å². The number of hydrogen-bond donors (Lipinski definition) is 0. The molecule has 4 unspecified atom stereocenters. The van der Waals surface area contributed by atoms with Crippen LogP contribution in [0.15, 0.2) is 0 Å². The predicted molar refractivity (Wildman–Crippen MR) is 115 cm³/mol. The minimum atomic E-state index is 0.0591. The Morgan fingerprint density at radius 2 is 1.56 bits per heavy atom. The van der Waals surface area contributed by atoms with Crippen molar-refractivity contribution >= 4 is 0 Å². The number of nitriles is 1. The zero-order valence-corrected chi connectivity index (χ0v) is 18.4. The van der Waals surface area contributed by atoms with Gasteiger partial charge in [-0.1, -0.05) is 78.1 Å². The Kier molecular flexibility index (Phi) is 8.10. The number of rotatable bonds is 8. The van der Waals surface area contributed by atoms with E-state index in [1.54, 1.807) is 0 Å². The Morgan fingerprint density at radius 1 is 0.778 bits per heavy atom. The van der Waals surface area contributed by atoms with E-state index in [1.807, 2.05) is 0 Å². The maximum Gasteiger partial charge on any atom is 0.0692 e. The fraction of sp³-hybridized carbons (Fsp3) is 0.962. The second-order valence-electron chi connectivity index (χ2n) is 10.6. The average molecular weight is 372 g/mol. The summed E-state index contributed by atoms with van der Waals surface area (Å²) in [5.74, 6) is 4.53. The molecule has 0 aromatic carbocycles. The van der Waals surface area contributed by atoms with Crippen LogP contribution in [0.1, 0.15) is 123 Å². The zero-order valence-electron chi connectivity index (χ0n) is 18.4. The molecular formula is C26H45N. The molecule has 0 heterocycles. The van der Waals surface area contributed by atoms with Crippen molar-refractivity contribution in [3.63, 3.8) is 0 Å². The van der Waals surface area contributed by atoms with E-state index in [-0.39, 0.29) is 5.41 Å². The van der Waals surface area contributed by atoms with E-state index >= 15 is 0 Å². The molecule has 0 aromatic rings. The molecule has 154 valence electrons. The maximum atomic E-state index is 10.1. The van der Waals surface area contributed by atoms with E-state index in [4.69, 9.17) is 0 Å². The highest BCUT2D eigenvalue weighted by Crippen LogP contribution is 2.56. The Hall–Kier alpha value is -0.510. The van der Waals surface area contributed by atoms with Crippen molar-refractivity contribution in [1.82, 2.24) is 0 Å². The monoisotopic (exact) mass is 371 g/mol. The molecule has 0 saturated heterocycles. The minimum Gasteiger partial charge on any atom is -0.198 e. The highest BCUT2D eigenvalue weighted by atomic mass is 14.5. The summed E-state index contributed by atoms with van der Waals surface area (Å²) in [6, 6.07) is 2.90. The molecule has 0 spiro atoms. The summed E-state index contributed by atoms with van der Waals surface area (Å²) in [5, 5.41) is 10.1. The van der Waals surface area contributed by atoms with Gasteiger partial charge in [0.05, 0.1) is 11.5 Å². The van der Waals surface area contributed by atoms with E-state index in [0.717, 1.165) is 29.6 Å². The summed E-state index contributed by atoms with van der Waals surface area (Å²) in [5.41, 5.74) is 0.0591. The molecule has 0 amide bonds. The van der Waals surface area contributed by atoms with Gasteiger partial charge in [-0.05, 0) is 74.5 Å². The molecule has 0 radical (unpaired) electrons. The van der Waals surface area contributed by atoms with E-state index in [1.165, 1.54) is 109 Å². The Bertz CT molecular complexity index is 469. The lowest BCUT2D eigenvalue weighted by molar-refractivity contribution is 0.0146. The van der Waals surface area contributed by atoms with Crippen LogP contribution in [0, 0.1) is 46.3 Å². The molecule has 1 nitrogen and oxygen atoms in total. The third kappa shape index (κ3) is 5.31. The smallest absolute Gasteiger partial charge is 0.0692 e. The van der Waals surface area contributed by atoms with Gasteiger partial charge in [0.2, 0.25) is 0 Å².